The molecular weight excluding hydrogens is 362 g/mol. The quantitative estimate of drug-likeness (QED) is 0.628. The third-order valence-corrected chi connectivity index (χ3v) is 4.12. The van der Waals surface area contributed by atoms with E-state index in [9.17, 15) is 13.6 Å². The van der Waals surface area contributed by atoms with Crippen LogP contribution in [0.2, 0.25) is 0 Å². The van der Waals surface area contributed by atoms with Gasteiger partial charge in [-0.05, 0) is 36.4 Å². The van der Waals surface area contributed by atoms with Crippen molar-refractivity contribution in [3.05, 3.63) is 52.5 Å². The Balaban J connectivity index is 1.96. The van der Waals surface area contributed by atoms with Crippen molar-refractivity contribution in [1.29, 1.82) is 0 Å². The zero-order valence-corrected chi connectivity index (χ0v) is 13.1. The van der Waals surface area contributed by atoms with E-state index in [-0.39, 0.29) is 23.0 Å². The van der Waals surface area contributed by atoms with Crippen LogP contribution in [0.5, 0.6) is 0 Å². The van der Waals surface area contributed by atoms with Crippen LogP contribution in [0.3, 0.4) is 0 Å². The Kier molecular flexibility index (Phi) is 5.19. The fraction of sp³-hybridized carbons (Fsp3) is 0.0714. The highest BCUT2D eigenvalue weighted by molar-refractivity contribution is 9.10. The van der Waals surface area contributed by atoms with Gasteiger partial charge >= 0.3 is 0 Å². The third kappa shape index (κ3) is 4.44. The number of benzene rings is 2. The molecule has 0 aliphatic carbocycles. The Bertz CT molecular complexity index is 682. The number of carbonyl (C=O) groups is 1. The third-order valence-electron chi connectivity index (χ3n) is 2.54. The number of halogens is 3. The summed E-state index contributed by atoms with van der Waals surface area (Å²) in [6.07, 6.45) is 0. The molecule has 2 aromatic rings. The van der Waals surface area contributed by atoms with Gasteiger partial charge in [0.2, 0.25) is 5.91 Å². The highest BCUT2D eigenvalue weighted by atomic mass is 79.9. The first-order valence-electron chi connectivity index (χ1n) is 5.88. The molecule has 0 saturated heterocycles. The van der Waals surface area contributed by atoms with Gasteiger partial charge in [-0.25, -0.2) is 8.78 Å². The van der Waals surface area contributed by atoms with Crippen molar-refractivity contribution >= 4 is 45.0 Å². The predicted molar refractivity (Wildman–Crippen MR) is 84.3 cm³/mol. The van der Waals surface area contributed by atoms with Crippen molar-refractivity contribution < 1.29 is 13.6 Å². The van der Waals surface area contributed by atoms with Crippen molar-refractivity contribution in [2.24, 2.45) is 0 Å². The minimum atomic E-state index is -0.524. The fourth-order valence-corrected chi connectivity index (χ4v) is 2.65. The summed E-state index contributed by atoms with van der Waals surface area (Å²) in [5.74, 6) is -1.28. The van der Waals surface area contributed by atoms with E-state index in [1.54, 1.807) is 6.07 Å². The second-order valence-electron chi connectivity index (χ2n) is 4.14. The lowest BCUT2D eigenvalue weighted by atomic mass is 10.3. The normalized spacial score (nSPS) is 10.4. The van der Waals surface area contributed by atoms with E-state index in [0.717, 1.165) is 11.8 Å². The topological polar surface area (TPSA) is 55.1 Å². The highest BCUT2D eigenvalue weighted by Gasteiger charge is 2.09. The lowest BCUT2D eigenvalue weighted by molar-refractivity contribution is -0.113. The first-order chi connectivity index (χ1) is 9.95. The van der Waals surface area contributed by atoms with Crippen LogP contribution in [0, 0.1) is 11.6 Å². The van der Waals surface area contributed by atoms with Crippen LogP contribution in [0.1, 0.15) is 0 Å². The molecule has 1 amide bonds. The molecule has 0 spiro atoms. The van der Waals surface area contributed by atoms with Crippen molar-refractivity contribution in [2.75, 3.05) is 16.8 Å². The van der Waals surface area contributed by atoms with Crippen molar-refractivity contribution in [3.8, 4) is 0 Å². The Hall–Kier alpha value is -1.60. The average Bonchev–Trinajstić information content (AvgIpc) is 2.41. The highest BCUT2D eigenvalue weighted by Crippen LogP contribution is 2.26. The Morgan fingerprint density at radius 1 is 1.24 bits per heavy atom. The number of anilines is 2. The van der Waals surface area contributed by atoms with Gasteiger partial charge in [-0.15, -0.1) is 11.8 Å². The van der Waals surface area contributed by atoms with Gasteiger partial charge in [0.1, 0.15) is 11.6 Å². The molecule has 3 N–H and O–H groups in total. The van der Waals surface area contributed by atoms with Crippen LogP contribution < -0.4 is 11.1 Å². The summed E-state index contributed by atoms with van der Waals surface area (Å²) in [6.45, 7) is 0. The Morgan fingerprint density at radius 3 is 2.67 bits per heavy atom. The number of carbonyl (C=O) groups excluding carboxylic acids is 1. The maximum Gasteiger partial charge on any atom is 0.234 e. The Morgan fingerprint density at radius 2 is 2.00 bits per heavy atom. The lowest BCUT2D eigenvalue weighted by Gasteiger charge is -2.08. The second-order valence-corrected chi connectivity index (χ2v) is 6.08. The minimum Gasteiger partial charge on any atom is -0.398 e. The summed E-state index contributed by atoms with van der Waals surface area (Å²) < 4.78 is 27.1. The van der Waals surface area contributed by atoms with Crippen LogP contribution in [0.15, 0.2) is 45.8 Å². The van der Waals surface area contributed by atoms with Gasteiger partial charge in [-0.2, -0.15) is 0 Å². The molecule has 0 aromatic heterocycles. The van der Waals surface area contributed by atoms with Gasteiger partial charge in [-0.3, -0.25) is 4.79 Å². The number of amides is 1. The molecule has 0 aliphatic rings. The molecule has 0 heterocycles. The molecule has 21 heavy (non-hydrogen) atoms. The molecule has 2 rings (SSSR count). The van der Waals surface area contributed by atoms with Crippen molar-refractivity contribution in [1.82, 2.24) is 0 Å². The molecule has 0 fully saturated rings. The Labute approximate surface area is 133 Å². The molecule has 0 aliphatic heterocycles. The smallest absolute Gasteiger partial charge is 0.234 e. The molecule has 3 nitrogen and oxygen atoms in total. The molecule has 0 bridgehead atoms. The number of rotatable bonds is 4. The molecule has 0 unspecified atom stereocenters. The van der Waals surface area contributed by atoms with Gasteiger partial charge in [0.15, 0.2) is 0 Å². The maximum absolute atomic E-state index is 13.6. The summed E-state index contributed by atoms with van der Waals surface area (Å²) in [6, 6.07) is 8.32. The summed E-state index contributed by atoms with van der Waals surface area (Å²) in [5.41, 5.74) is 6.02. The summed E-state index contributed by atoms with van der Waals surface area (Å²) in [4.78, 5) is 12.4. The number of hydrogen-bond acceptors (Lipinski definition) is 3. The summed E-state index contributed by atoms with van der Waals surface area (Å²) in [7, 11) is 0. The standard InChI is InChI=1S/C14H11BrF2N2OS/c15-8-1-3-12(10(17)5-8)19-14(20)7-21-13-4-2-9(16)6-11(13)18/h1-6H,7,18H2,(H,19,20). The van der Waals surface area contributed by atoms with Crippen LogP contribution in [0.4, 0.5) is 20.2 Å². The fourth-order valence-electron chi connectivity index (χ4n) is 1.57. The van der Waals surface area contributed by atoms with E-state index in [1.807, 2.05) is 0 Å². The van der Waals surface area contributed by atoms with Gasteiger partial charge in [-0.1, -0.05) is 15.9 Å². The van der Waals surface area contributed by atoms with E-state index >= 15 is 0 Å². The zero-order valence-electron chi connectivity index (χ0n) is 10.7. The summed E-state index contributed by atoms with van der Waals surface area (Å²) in [5, 5.41) is 2.47. The van der Waals surface area contributed by atoms with E-state index in [1.165, 1.54) is 30.3 Å². The molecule has 0 atom stereocenters. The lowest BCUT2D eigenvalue weighted by Crippen LogP contribution is -2.15. The van der Waals surface area contributed by atoms with Crippen molar-refractivity contribution in [2.45, 2.75) is 4.90 Å². The SMILES string of the molecule is Nc1cc(F)ccc1SCC(=O)Nc1ccc(Br)cc1F. The molecule has 7 heteroatoms. The predicted octanol–water partition coefficient (Wildman–Crippen LogP) is 4.04. The van der Waals surface area contributed by atoms with Crippen molar-refractivity contribution in [3.63, 3.8) is 0 Å². The van der Waals surface area contributed by atoms with E-state index < -0.39 is 11.6 Å². The van der Waals surface area contributed by atoms with Gasteiger partial charge in [0, 0.05) is 15.1 Å². The molecule has 0 radical (unpaired) electrons. The zero-order chi connectivity index (χ0) is 15.4. The monoisotopic (exact) mass is 372 g/mol. The van der Waals surface area contributed by atoms with Crippen LogP contribution >= 0.6 is 27.7 Å². The second kappa shape index (κ2) is 6.91. The number of nitrogens with two attached hydrogens (primary N) is 1. The average molecular weight is 373 g/mol. The van der Waals surface area contributed by atoms with Crippen LogP contribution in [-0.2, 0) is 4.79 Å². The van der Waals surface area contributed by atoms with E-state index in [2.05, 4.69) is 21.2 Å². The number of hydrogen-bond donors (Lipinski definition) is 2. The first-order valence-corrected chi connectivity index (χ1v) is 7.66. The van der Waals surface area contributed by atoms with Crippen LogP contribution in [-0.4, -0.2) is 11.7 Å². The molecule has 2 aromatic carbocycles. The van der Waals surface area contributed by atoms with Gasteiger partial charge < -0.3 is 11.1 Å². The van der Waals surface area contributed by atoms with Crippen LogP contribution in [0.25, 0.3) is 0 Å². The number of thioether (sulfide) groups is 1. The van der Waals surface area contributed by atoms with E-state index in [0.29, 0.717) is 9.37 Å². The number of nitrogens with one attached hydrogen (secondary N) is 1. The minimum absolute atomic E-state index is 0.0470. The van der Waals surface area contributed by atoms with Gasteiger partial charge in [0.05, 0.1) is 11.4 Å². The largest absolute Gasteiger partial charge is 0.398 e. The molecule has 0 saturated carbocycles. The van der Waals surface area contributed by atoms with E-state index in [4.69, 9.17) is 5.73 Å². The molecular formula is C14H11BrF2N2OS. The van der Waals surface area contributed by atoms with Gasteiger partial charge in [0.25, 0.3) is 0 Å². The first kappa shape index (κ1) is 15.8. The number of nitrogen functional groups attached to an aromatic ring is 1. The maximum atomic E-state index is 13.6. The molecule has 110 valence electrons. The summed E-state index contributed by atoms with van der Waals surface area (Å²) >= 11 is 4.29.